The van der Waals surface area contributed by atoms with Gasteiger partial charge in [0.05, 0.1) is 10.9 Å². The normalized spacial score (nSPS) is 12.0. The van der Waals surface area contributed by atoms with E-state index in [1.807, 2.05) is 18.2 Å². The maximum Gasteiger partial charge on any atom is 0.205 e. The van der Waals surface area contributed by atoms with Crippen molar-refractivity contribution in [2.24, 2.45) is 0 Å². The molecule has 0 amide bonds. The van der Waals surface area contributed by atoms with Crippen molar-refractivity contribution in [3.05, 3.63) is 84.1 Å². The summed E-state index contributed by atoms with van der Waals surface area (Å²) in [4.78, 5) is 0. The number of fused-ring (bicyclic) bond motifs is 5. The minimum absolute atomic E-state index is 0.726. The first-order chi connectivity index (χ1) is 11.8. The van der Waals surface area contributed by atoms with E-state index in [4.69, 9.17) is 0 Å². The Kier molecular flexibility index (Phi) is 2.62. The fourth-order valence-corrected chi connectivity index (χ4v) is 3.60. The standard InChI is InChI=1S/C21H14N3/c22-12-17-7-4-8-21-19(17)14-23-13-18-11-16(9-10-20(18)24(21)23)15-5-2-1-3-6-15/h1-11,14H,13H2/q+1. The van der Waals surface area contributed by atoms with Crippen molar-refractivity contribution < 1.29 is 4.68 Å². The first kappa shape index (κ1) is 13.1. The van der Waals surface area contributed by atoms with Crippen LogP contribution in [0.15, 0.2) is 72.9 Å². The van der Waals surface area contributed by atoms with E-state index < -0.39 is 0 Å². The van der Waals surface area contributed by atoms with Crippen molar-refractivity contribution in [1.29, 1.82) is 5.26 Å². The van der Waals surface area contributed by atoms with E-state index in [0.29, 0.717) is 0 Å². The molecule has 0 aliphatic carbocycles. The van der Waals surface area contributed by atoms with Crippen LogP contribution >= 0.6 is 0 Å². The molecule has 0 spiro atoms. The highest BCUT2D eigenvalue weighted by Gasteiger charge is 2.29. The number of nitriles is 1. The van der Waals surface area contributed by atoms with Crippen molar-refractivity contribution in [2.75, 3.05) is 0 Å². The van der Waals surface area contributed by atoms with Crippen LogP contribution in [0, 0.1) is 11.3 Å². The summed E-state index contributed by atoms with van der Waals surface area (Å²) in [5, 5.41) is 10.3. The zero-order valence-electron chi connectivity index (χ0n) is 13.0. The van der Waals surface area contributed by atoms with E-state index in [-0.39, 0.29) is 0 Å². The van der Waals surface area contributed by atoms with Crippen LogP contribution in [0.5, 0.6) is 0 Å². The summed E-state index contributed by atoms with van der Waals surface area (Å²) < 4.78 is 4.39. The molecule has 3 nitrogen and oxygen atoms in total. The Labute approximate surface area is 139 Å². The Morgan fingerprint density at radius 1 is 0.917 bits per heavy atom. The van der Waals surface area contributed by atoms with E-state index in [0.717, 1.165) is 23.0 Å². The summed E-state index contributed by atoms with van der Waals surface area (Å²) in [6.45, 7) is 0.829. The molecular formula is C21H14N3+. The van der Waals surface area contributed by atoms with E-state index in [2.05, 4.69) is 70.2 Å². The van der Waals surface area contributed by atoms with Gasteiger partial charge in [-0.25, -0.2) is 0 Å². The van der Waals surface area contributed by atoms with Crippen molar-refractivity contribution in [1.82, 2.24) is 4.68 Å². The Bertz CT molecular complexity index is 1130. The number of hydrogen-bond donors (Lipinski definition) is 0. The Morgan fingerprint density at radius 2 is 1.79 bits per heavy atom. The van der Waals surface area contributed by atoms with Gasteiger partial charge in [0.25, 0.3) is 0 Å². The van der Waals surface area contributed by atoms with E-state index in [1.165, 1.54) is 22.4 Å². The number of rotatable bonds is 1. The molecule has 2 heterocycles. The fourth-order valence-electron chi connectivity index (χ4n) is 3.60. The summed E-state index contributed by atoms with van der Waals surface area (Å²) in [5.41, 5.74) is 6.78. The first-order valence-electron chi connectivity index (χ1n) is 7.98. The third kappa shape index (κ3) is 1.74. The zero-order chi connectivity index (χ0) is 16.1. The van der Waals surface area contributed by atoms with Crippen molar-refractivity contribution in [2.45, 2.75) is 6.54 Å². The molecular weight excluding hydrogens is 294 g/mol. The van der Waals surface area contributed by atoms with Crippen LogP contribution in [-0.4, -0.2) is 4.68 Å². The molecule has 1 aliphatic rings. The lowest BCUT2D eigenvalue weighted by atomic mass is 10.0. The van der Waals surface area contributed by atoms with Crippen molar-refractivity contribution in [3.63, 3.8) is 0 Å². The van der Waals surface area contributed by atoms with Crippen LogP contribution < -0.4 is 4.68 Å². The fraction of sp³-hybridized carbons (Fsp3) is 0.0476. The molecule has 24 heavy (non-hydrogen) atoms. The lowest BCUT2D eigenvalue weighted by Crippen LogP contribution is -2.36. The van der Waals surface area contributed by atoms with Gasteiger partial charge in [-0.05, 0) is 35.4 Å². The summed E-state index contributed by atoms with van der Waals surface area (Å²) in [6.07, 6.45) is 2.08. The van der Waals surface area contributed by atoms with Gasteiger partial charge in [0.15, 0.2) is 6.54 Å². The molecule has 3 aromatic carbocycles. The van der Waals surface area contributed by atoms with Crippen LogP contribution in [-0.2, 0) is 6.54 Å². The van der Waals surface area contributed by atoms with Crippen LogP contribution in [0.1, 0.15) is 11.1 Å². The van der Waals surface area contributed by atoms with Gasteiger partial charge in [0, 0.05) is 5.56 Å². The first-order valence-corrected chi connectivity index (χ1v) is 7.98. The predicted molar refractivity (Wildman–Crippen MR) is 92.7 cm³/mol. The van der Waals surface area contributed by atoms with Crippen LogP contribution in [0.25, 0.3) is 27.7 Å². The SMILES string of the molecule is N#Cc1cccc2c1c[n+]1n2-c2ccc(-c3ccccc3)cc2C1. The number of benzene rings is 3. The smallest absolute Gasteiger partial charge is 0.192 e. The quantitative estimate of drug-likeness (QED) is 0.433. The lowest BCUT2D eigenvalue weighted by molar-refractivity contribution is -0.749. The molecule has 0 atom stereocenters. The average molecular weight is 308 g/mol. The Balaban J connectivity index is 1.70. The van der Waals surface area contributed by atoms with Crippen LogP contribution in [0.4, 0.5) is 0 Å². The largest absolute Gasteiger partial charge is 0.205 e. The highest BCUT2D eigenvalue weighted by molar-refractivity contribution is 5.85. The van der Waals surface area contributed by atoms with Gasteiger partial charge in [-0.15, -0.1) is 9.36 Å². The predicted octanol–water partition coefficient (Wildman–Crippen LogP) is 3.82. The zero-order valence-corrected chi connectivity index (χ0v) is 13.0. The van der Waals surface area contributed by atoms with Gasteiger partial charge in [-0.2, -0.15) is 5.26 Å². The van der Waals surface area contributed by atoms with Crippen LogP contribution in [0.3, 0.4) is 0 Å². The molecule has 112 valence electrons. The minimum Gasteiger partial charge on any atom is -0.192 e. The molecule has 0 unspecified atom stereocenters. The molecule has 0 radical (unpaired) electrons. The van der Waals surface area contributed by atoms with Gasteiger partial charge in [-0.3, -0.25) is 0 Å². The molecule has 0 N–H and O–H groups in total. The maximum absolute atomic E-state index is 9.32. The topological polar surface area (TPSA) is 32.6 Å². The molecule has 0 saturated heterocycles. The second-order valence-electron chi connectivity index (χ2n) is 6.10. The highest BCUT2D eigenvalue weighted by atomic mass is 15.4. The highest BCUT2D eigenvalue weighted by Crippen LogP contribution is 2.30. The number of aromatic nitrogens is 2. The van der Waals surface area contributed by atoms with E-state index in [9.17, 15) is 5.26 Å². The molecule has 4 aromatic rings. The van der Waals surface area contributed by atoms with Gasteiger partial charge < -0.3 is 0 Å². The van der Waals surface area contributed by atoms with E-state index >= 15 is 0 Å². The molecule has 0 saturated carbocycles. The van der Waals surface area contributed by atoms with Crippen LogP contribution in [0.2, 0.25) is 0 Å². The lowest BCUT2D eigenvalue weighted by Gasteiger charge is -2.04. The average Bonchev–Trinajstić information content (AvgIpc) is 3.17. The van der Waals surface area contributed by atoms with Gasteiger partial charge in [0.1, 0.15) is 17.3 Å². The van der Waals surface area contributed by atoms with E-state index in [1.54, 1.807) is 0 Å². The number of nitrogens with zero attached hydrogens (tertiary/aromatic N) is 3. The molecule has 3 heteroatoms. The molecule has 1 aliphatic heterocycles. The summed E-state index contributed by atoms with van der Waals surface area (Å²) in [6, 6.07) is 25.3. The van der Waals surface area contributed by atoms with Gasteiger partial charge >= 0.3 is 0 Å². The second-order valence-corrected chi connectivity index (χ2v) is 6.10. The maximum atomic E-state index is 9.32. The Hall–Kier alpha value is -3.38. The molecule has 5 rings (SSSR count). The second kappa shape index (κ2) is 4.81. The summed E-state index contributed by atoms with van der Waals surface area (Å²) >= 11 is 0. The molecule has 0 fully saturated rings. The third-order valence-corrected chi connectivity index (χ3v) is 4.71. The summed E-state index contributed by atoms with van der Waals surface area (Å²) in [5.74, 6) is 0. The summed E-state index contributed by atoms with van der Waals surface area (Å²) in [7, 11) is 0. The molecule has 0 bridgehead atoms. The van der Waals surface area contributed by atoms with Gasteiger partial charge in [0.2, 0.25) is 6.20 Å². The van der Waals surface area contributed by atoms with Crippen molar-refractivity contribution in [3.8, 4) is 22.9 Å². The molecule has 1 aromatic heterocycles. The Morgan fingerprint density at radius 3 is 2.62 bits per heavy atom. The minimum atomic E-state index is 0.726. The monoisotopic (exact) mass is 308 g/mol. The van der Waals surface area contributed by atoms with Gasteiger partial charge in [-0.1, -0.05) is 42.5 Å². The van der Waals surface area contributed by atoms with Crippen molar-refractivity contribution >= 4 is 10.9 Å². The third-order valence-electron chi connectivity index (χ3n) is 4.71. The number of hydrogen-bond acceptors (Lipinski definition) is 1.